The summed E-state index contributed by atoms with van der Waals surface area (Å²) in [6, 6.07) is 10.3. The van der Waals surface area contributed by atoms with Gasteiger partial charge in [0.2, 0.25) is 11.8 Å². The first kappa shape index (κ1) is 20.1. The standard InChI is InChI=1S/C24H33N3O2/c1-20-9-14-26(15-10-20)22(28)24(11-12-24)23(29)27-18-16-25(17-19-27)13-5-8-21-6-3-2-4-7-21/h2-8,20H,9-19H2,1H3/b8-5+. The van der Waals surface area contributed by atoms with Gasteiger partial charge in [-0.05, 0) is 37.2 Å². The molecule has 0 N–H and O–H groups in total. The van der Waals surface area contributed by atoms with Crippen molar-refractivity contribution in [1.82, 2.24) is 14.7 Å². The lowest BCUT2D eigenvalue weighted by Gasteiger charge is -2.38. The zero-order valence-electron chi connectivity index (χ0n) is 17.6. The zero-order valence-corrected chi connectivity index (χ0v) is 17.6. The van der Waals surface area contributed by atoms with Gasteiger partial charge >= 0.3 is 0 Å². The van der Waals surface area contributed by atoms with Crippen molar-refractivity contribution >= 4 is 17.9 Å². The van der Waals surface area contributed by atoms with Crippen molar-refractivity contribution in [2.24, 2.45) is 11.3 Å². The highest BCUT2D eigenvalue weighted by molar-refractivity contribution is 6.07. The van der Waals surface area contributed by atoms with Crippen LogP contribution in [0, 0.1) is 11.3 Å². The summed E-state index contributed by atoms with van der Waals surface area (Å²) in [5, 5.41) is 0. The summed E-state index contributed by atoms with van der Waals surface area (Å²) in [7, 11) is 0. The minimum Gasteiger partial charge on any atom is -0.342 e. The number of carbonyl (C=O) groups excluding carboxylic acids is 2. The topological polar surface area (TPSA) is 43.9 Å². The van der Waals surface area contributed by atoms with Crippen molar-refractivity contribution in [2.75, 3.05) is 45.8 Å². The average molecular weight is 396 g/mol. The Morgan fingerprint density at radius 3 is 2.10 bits per heavy atom. The molecular formula is C24H33N3O2. The molecule has 1 aliphatic carbocycles. The predicted octanol–water partition coefficient (Wildman–Crippen LogP) is 2.88. The molecule has 2 aliphatic heterocycles. The molecule has 2 saturated heterocycles. The lowest BCUT2D eigenvalue weighted by Crippen LogP contribution is -2.54. The number of piperazine rings is 1. The first-order chi connectivity index (χ1) is 14.1. The van der Waals surface area contributed by atoms with Gasteiger partial charge in [-0.15, -0.1) is 0 Å². The summed E-state index contributed by atoms with van der Waals surface area (Å²) >= 11 is 0. The zero-order chi connectivity index (χ0) is 20.3. The number of benzene rings is 1. The van der Waals surface area contributed by atoms with E-state index in [1.54, 1.807) is 0 Å². The molecular weight excluding hydrogens is 362 g/mol. The van der Waals surface area contributed by atoms with Crippen molar-refractivity contribution in [3.63, 3.8) is 0 Å². The van der Waals surface area contributed by atoms with Gasteiger partial charge in [-0.3, -0.25) is 14.5 Å². The summed E-state index contributed by atoms with van der Waals surface area (Å²) in [6.45, 7) is 7.97. The number of amides is 2. The fourth-order valence-corrected chi connectivity index (χ4v) is 4.50. The lowest BCUT2D eigenvalue weighted by molar-refractivity contribution is -0.151. The number of carbonyl (C=O) groups is 2. The third kappa shape index (κ3) is 4.55. The maximum atomic E-state index is 13.2. The van der Waals surface area contributed by atoms with Crippen LogP contribution in [0.2, 0.25) is 0 Å². The first-order valence-electron chi connectivity index (χ1n) is 11.1. The van der Waals surface area contributed by atoms with Crippen LogP contribution in [-0.4, -0.2) is 72.3 Å². The van der Waals surface area contributed by atoms with Crippen LogP contribution in [0.15, 0.2) is 36.4 Å². The van der Waals surface area contributed by atoms with Crippen molar-refractivity contribution < 1.29 is 9.59 Å². The van der Waals surface area contributed by atoms with E-state index in [4.69, 9.17) is 0 Å². The number of likely N-dealkylation sites (tertiary alicyclic amines) is 1. The quantitative estimate of drug-likeness (QED) is 0.720. The van der Waals surface area contributed by atoms with E-state index in [0.717, 1.165) is 71.5 Å². The number of nitrogens with zero attached hydrogens (tertiary/aromatic N) is 3. The Morgan fingerprint density at radius 1 is 0.931 bits per heavy atom. The van der Waals surface area contributed by atoms with E-state index in [1.165, 1.54) is 5.56 Å². The first-order valence-corrected chi connectivity index (χ1v) is 11.1. The summed E-state index contributed by atoms with van der Waals surface area (Å²) in [5.74, 6) is 0.872. The molecule has 0 atom stereocenters. The largest absolute Gasteiger partial charge is 0.342 e. The van der Waals surface area contributed by atoms with E-state index in [1.807, 2.05) is 28.0 Å². The summed E-state index contributed by atoms with van der Waals surface area (Å²) in [4.78, 5) is 32.5. The Balaban J connectivity index is 1.26. The minimum absolute atomic E-state index is 0.0839. The molecule has 1 aromatic carbocycles. The normalized spacial score (nSPS) is 22.8. The average Bonchev–Trinajstić information content (AvgIpc) is 3.57. The van der Waals surface area contributed by atoms with Crippen LogP contribution < -0.4 is 0 Å². The third-order valence-electron chi connectivity index (χ3n) is 6.77. The number of hydrogen-bond acceptors (Lipinski definition) is 3. The van der Waals surface area contributed by atoms with Crippen LogP contribution >= 0.6 is 0 Å². The van der Waals surface area contributed by atoms with Gasteiger partial charge in [-0.25, -0.2) is 0 Å². The Morgan fingerprint density at radius 2 is 1.52 bits per heavy atom. The molecule has 0 radical (unpaired) electrons. The van der Waals surface area contributed by atoms with Crippen LogP contribution in [0.4, 0.5) is 0 Å². The van der Waals surface area contributed by atoms with Gasteiger partial charge in [0.05, 0.1) is 0 Å². The smallest absolute Gasteiger partial charge is 0.238 e. The Bertz CT molecular complexity index is 741. The second kappa shape index (κ2) is 8.70. The van der Waals surface area contributed by atoms with E-state index in [2.05, 4.69) is 36.1 Å². The molecule has 0 unspecified atom stereocenters. The molecule has 29 heavy (non-hydrogen) atoms. The van der Waals surface area contributed by atoms with Gasteiger partial charge in [0.1, 0.15) is 5.41 Å². The molecule has 156 valence electrons. The van der Waals surface area contributed by atoms with Gasteiger partial charge in [0, 0.05) is 45.8 Å². The number of rotatable bonds is 5. The fraction of sp³-hybridized carbons (Fsp3) is 0.583. The lowest BCUT2D eigenvalue weighted by atomic mass is 9.96. The second-order valence-corrected chi connectivity index (χ2v) is 8.96. The Kier molecular flexibility index (Phi) is 6.04. The monoisotopic (exact) mass is 395 g/mol. The van der Waals surface area contributed by atoms with Crippen molar-refractivity contribution in [3.05, 3.63) is 42.0 Å². The highest BCUT2D eigenvalue weighted by Gasteiger charge is 2.59. The molecule has 1 saturated carbocycles. The summed E-state index contributed by atoms with van der Waals surface area (Å²) in [5.41, 5.74) is 0.485. The van der Waals surface area contributed by atoms with E-state index in [0.29, 0.717) is 5.92 Å². The van der Waals surface area contributed by atoms with E-state index >= 15 is 0 Å². The maximum absolute atomic E-state index is 13.2. The molecule has 2 amide bonds. The minimum atomic E-state index is -0.726. The van der Waals surface area contributed by atoms with Crippen LogP contribution in [-0.2, 0) is 9.59 Å². The molecule has 2 heterocycles. The third-order valence-corrected chi connectivity index (χ3v) is 6.77. The summed E-state index contributed by atoms with van der Waals surface area (Å²) < 4.78 is 0. The highest BCUT2D eigenvalue weighted by atomic mass is 16.2. The van der Waals surface area contributed by atoms with Crippen LogP contribution in [0.25, 0.3) is 6.08 Å². The van der Waals surface area contributed by atoms with Gasteiger partial charge < -0.3 is 9.80 Å². The number of piperidine rings is 1. The van der Waals surface area contributed by atoms with Gasteiger partial charge in [0.15, 0.2) is 0 Å². The second-order valence-electron chi connectivity index (χ2n) is 8.96. The van der Waals surface area contributed by atoms with E-state index in [-0.39, 0.29) is 11.8 Å². The molecule has 3 fully saturated rings. The molecule has 3 aliphatic rings. The van der Waals surface area contributed by atoms with Crippen LogP contribution in [0.3, 0.4) is 0 Å². The van der Waals surface area contributed by atoms with Crippen LogP contribution in [0.5, 0.6) is 0 Å². The van der Waals surface area contributed by atoms with Gasteiger partial charge in [-0.1, -0.05) is 49.4 Å². The summed E-state index contributed by atoms with van der Waals surface area (Å²) in [6.07, 6.45) is 7.93. The van der Waals surface area contributed by atoms with Crippen LogP contribution in [0.1, 0.15) is 38.2 Å². The Labute approximate surface area is 174 Å². The van der Waals surface area contributed by atoms with E-state index < -0.39 is 5.41 Å². The predicted molar refractivity (Wildman–Crippen MR) is 115 cm³/mol. The Hall–Kier alpha value is -2.14. The SMILES string of the molecule is CC1CCN(C(=O)C2(C(=O)N3CCN(C/C=C/c4ccccc4)CC3)CC2)CC1. The van der Waals surface area contributed by atoms with Gasteiger partial charge in [0.25, 0.3) is 0 Å². The van der Waals surface area contributed by atoms with Crippen molar-refractivity contribution in [1.29, 1.82) is 0 Å². The molecule has 4 rings (SSSR count). The number of hydrogen-bond donors (Lipinski definition) is 0. The van der Waals surface area contributed by atoms with Crippen molar-refractivity contribution in [2.45, 2.75) is 32.6 Å². The maximum Gasteiger partial charge on any atom is 0.238 e. The highest BCUT2D eigenvalue weighted by Crippen LogP contribution is 2.49. The molecule has 0 aromatic heterocycles. The van der Waals surface area contributed by atoms with E-state index in [9.17, 15) is 9.59 Å². The molecule has 5 heteroatoms. The molecule has 0 bridgehead atoms. The van der Waals surface area contributed by atoms with Gasteiger partial charge in [-0.2, -0.15) is 0 Å². The molecule has 5 nitrogen and oxygen atoms in total. The van der Waals surface area contributed by atoms with Crippen molar-refractivity contribution in [3.8, 4) is 0 Å². The molecule has 1 aromatic rings. The molecule has 0 spiro atoms. The fourth-order valence-electron chi connectivity index (χ4n) is 4.50.